The maximum absolute atomic E-state index is 13.0. The smallest absolute Gasteiger partial charge is 0.243 e. The number of hydrogen-bond acceptors (Lipinski definition) is 4. The van der Waals surface area contributed by atoms with Crippen LogP contribution in [-0.4, -0.2) is 33.1 Å². The van der Waals surface area contributed by atoms with Crippen LogP contribution in [-0.2, 0) is 4.79 Å². The Morgan fingerprint density at radius 2 is 2.30 bits per heavy atom. The van der Waals surface area contributed by atoms with Crippen LogP contribution >= 0.6 is 0 Å². The van der Waals surface area contributed by atoms with Crippen molar-refractivity contribution in [2.75, 3.05) is 11.9 Å². The van der Waals surface area contributed by atoms with Crippen LogP contribution in [0.5, 0.6) is 0 Å². The molecule has 1 atom stereocenters. The number of aromatic nitrogens is 3. The highest BCUT2D eigenvalue weighted by atomic mass is 19.1. The number of nitrogens with one attached hydrogen (secondary N) is 2. The summed E-state index contributed by atoms with van der Waals surface area (Å²) in [6, 6.07) is 3.05. The number of pyridine rings is 1. The molecule has 0 aliphatic heterocycles. The molecule has 0 aliphatic carbocycles. The molecule has 0 radical (unpaired) electrons. The first-order valence-corrected chi connectivity index (χ1v) is 6.63. The summed E-state index contributed by atoms with van der Waals surface area (Å²) in [5.74, 6) is -0.00419. The number of rotatable bonds is 6. The van der Waals surface area contributed by atoms with Gasteiger partial charge in [-0.1, -0.05) is 6.92 Å². The van der Waals surface area contributed by atoms with E-state index in [0.717, 1.165) is 6.42 Å². The van der Waals surface area contributed by atoms with Gasteiger partial charge in [-0.2, -0.15) is 4.98 Å². The second-order valence-corrected chi connectivity index (χ2v) is 4.64. The zero-order chi connectivity index (χ0) is 14.5. The fourth-order valence-electron chi connectivity index (χ4n) is 1.67. The Labute approximate surface area is 116 Å². The molecule has 0 spiro atoms. The third-order valence-electron chi connectivity index (χ3n) is 2.95. The van der Waals surface area contributed by atoms with Gasteiger partial charge in [0.15, 0.2) is 5.65 Å². The fourth-order valence-corrected chi connectivity index (χ4v) is 1.67. The van der Waals surface area contributed by atoms with Crippen molar-refractivity contribution >= 4 is 17.5 Å². The van der Waals surface area contributed by atoms with E-state index in [4.69, 9.17) is 0 Å². The zero-order valence-electron chi connectivity index (χ0n) is 11.6. The molecule has 7 heteroatoms. The van der Waals surface area contributed by atoms with Gasteiger partial charge in [0.2, 0.25) is 11.9 Å². The van der Waals surface area contributed by atoms with Gasteiger partial charge < -0.3 is 10.6 Å². The lowest BCUT2D eigenvalue weighted by atomic mass is 10.2. The van der Waals surface area contributed by atoms with E-state index in [9.17, 15) is 9.18 Å². The maximum Gasteiger partial charge on any atom is 0.243 e. The largest absolute Gasteiger partial charge is 0.354 e. The lowest BCUT2D eigenvalue weighted by Gasteiger charge is -2.10. The molecular formula is C13H18FN5O. The van der Waals surface area contributed by atoms with E-state index in [1.54, 1.807) is 6.07 Å². The van der Waals surface area contributed by atoms with Crippen molar-refractivity contribution in [1.82, 2.24) is 19.9 Å². The molecule has 2 heterocycles. The van der Waals surface area contributed by atoms with Crippen molar-refractivity contribution < 1.29 is 9.18 Å². The summed E-state index contributed by atoms with van der Waals surface area (Å²) in [4.78, 5) is 15.7. The molecule has 0 fully saturated rings. The van der Waals surface area contributed by atoms with Gasteiger partial charge in [0.1, 0.15) is 5.82 Å². The summed E-state index contributed by atoms with van der Waals surface area (Å²) in [6.07, 6.45) is 2.50. The van der Waals surface area contributed by atoms with Gasteiger partial charge in [0, 0.05) is 19.0 Å². The Kier molecular flexibility index (Phi) is 4.49. The highest BCUT2D eigenvalue weighted by molar-refractivity contribution is 5.76. The molecular weight excluding hydrogens is 261 g/mol. The lowest BCUT2D eigenvalue weighted by Crippen LogP contribution is -2.33. The molecule has 20 heavy (non-hydrogen) atoms. The molecule has 2 aromatic rings. The molecule has 2 aromatic heterocycles. The van der Waals surface area contributed by atoms with Crippen LogP contribution in [0.15, 0.2) is 18.3 Å². The van der Waals surface area contributed by atoms with Gasteiger partial charge in [-0.3, -0.25) is 4.79 Å². The first-order valence-electron chi connectivity index (χ1n) is 6.63. The molecule has 0 aromatic carbocycles. The van der Waals surface area contributed by atoms with Crippen molar-refractivity contribution in [2.45, 2.75) is 32.7 Å². The van der Waals surface area contributed by atoms with Crippen LogP contribution in [0.3, 0.4) is 0 Å². The van der Waals surface area contributed by atoms with Gasteiger partial charge in [-0.25, -0.2) is 8.91 Å². The quantitative estimate of drug-likeness (QED) is 0.842. The van der Waals surface area contributed by atoms with Gasteiger partial charge in [0.05, 0.1) is 6.20 Å². The summed E-state index contributed by atoms with van der Waals surface area (Å²) in [5.41, 5.74) is 0.554. The van der Waals surface area contributed by atoms with E-state index in [-0.39, 0.29) is 17.8 Å². The van der Waals surface area contributed by atoms with Gasteiger partial charge in [0.25, 0.3) is 0 Å². The summed E-state index contributed by atoms with van der Waals surface area (Å²) < 4.78 is 14.4. The van der Waals surface area contributed by atoms with Crippen molar-refractivity contribution in [3.8, 4) is 0 Å². The molecule has 2 rings (SSSR count). The van der Waals surface area contributed by atoms with E-state index >= 15 is 0 Å². The Bertz CT molecular complexity index is 597. The first kappa shape index (κ1) is 14.2. The number of carbonyl (C=O) groups is 1. The SMILES string of the molecule is CCC(C)NC(=O)CCNc1nc2ccc(F)cn2n1. The molecule has 0 saturated carbocycles. The van der Waals surface area contributed by atoms with Gasteiger partial charge in [-0.15, -0.1) is 5.10 Å². The number of fused-ring (bicyclic) bond motifs is 1. The number of amides is 1. The molecule has 1 unspecified atom stereocenters. The third kappa shape index (κ3) is 3.66. The fraction of sp³-hybridized carbons (Fsp3) is 0.462. The van der Waals surface area contributed by atoms with Crippen LogP contribution in [0.2, 0.25) is 0 Å². The zero-order valence-corrected chi connectivity index (χ0v) is 11.6. The van der Waals surface area contributed by atoms with Crippen LogP contribution in [0.1, 0.15) is 26.7 Å². The van der Waals surface area contributed by atoms with Crippen molar-refractivity contribution in [2.24, 2.45) is 0 Å². The van der Waals surface area contributed by atoms with Crippen molar-refractivity contribution in [1.29, 1.82) is 0 Å². The predicted molar refractivity (Wildman–Crippen MR) is 73.9 cm³/mol. The van der Waals surface area contributed by atoms with E-state index in [1.807, 2.05) is 13.8 Å². The highest BCUT2D eigenvalue weighted by Gasteiger charge is 2.07. The minimum absolute atomic E-state index is 0.0124. The van der Waals surface area contributed by atoms with E-state index in [1.165, 1.54) is 16.8 Å². The van der Waals surface area contributed by atoms with E-state index in [2.05, 4.69) is 20.7 Å². The average Bonchev–Trinajstić information content (AvgIpc) is 2.80. The number of halogens is 1. The summed E-state index contributed by atoms with van der Waals surface area (Å²) in [5, 5.41) is 9.89. The van der Waals surface area contributed by atoms with Crippen molar-refractivity contribution in [3.05, 3.63) is 24.1 Å². The van der Waals surface area contributed by atoms with Crippen LogP contribution in [0, 0.1) is 5.82 Å². The van der Waals surface area contributed by atoms with E-state index < -0.39 is 0 Å². The number of nitrogens with zero attached hydrogens (tertiary/aromatic N) is 3. The Morgan fingerprint density at radius 1 is 1.50 bits per heavy atom. The normalized spacial score (nSPS) is 12.3. The minimum atomic E-state index is -0.373. The molecule has 6 nitrogen and oxygen atoms in total. The monoisotopic (exact) mass is 279 g/mol. The Balaban J connectivity index is 1.85. The number of hydrogen-bond donors (Lipinski definition) is 2. The minimum Gasteiger partial charge on any atom is -0.354 e. The van der Waals surface area contributed by atoms with Crippen LogP contribution < -0.4 is 10.6 Å². The first-order chi connectivity index (χ1) is 9.58. The molecule has 0 saturated heterocycles. The van der Waals surface area contributed by atoms with Gasteiger partial charge in [-0.05, 0) is 25.5 Å². The molecule has 108 valence electrons. The summed E-state index contributed by atoms with van der Waals surface area (Å²) >= 11 is 0. The highest BCUT2D eigenvalue weighted by Crippen LogP contribution is 2.06. The Hall–Kier alpha value is -2.18. The van der Waals surface area contributed by atoms with Crippen LogP contribution in [0.4, 0.5) is 10.3 Å². The average molecular weight is 279 g/mol. The predicted octanol–water partition coefficient (Wildman–Crippen LogP) is 1.59. The van der Waals surface area contributed by atoms with Crippen molar-refractivity contribution in [3.63, 3.8) is 0 Å². The second kappa shape index (κ2) is 6.31. The number of carbonyl (C=O) groups excluding carboxylic acids is 1. The molecule has 1 amide bonds. The lowest BCUT2D eigenvalue weighted by molar-refractivity contribution is -0.121. The standard InChI is InChI=1S/C13H18FN5O/c1-3-9(2)16-12(20)6-7-15-13-17-11-5-4-10(14)8-19(11)18-13/h4-5,8-9H,3,6-7H2,1-2H3,(H,15,18)(H,16,20). The van der Waals surface area contributed by atoms with E-state index in [0.29, 0.717) is 24.6 Å². The second-order valence-electron chi connectivity index (χ2n) is 4.64. The van der Waals surface area contributed by atoms with Gasteiger partial charge >= 0.3 is 0 Å². The molecule has 0 bridgehead atoms. The summed E-state index contributed by atoms with van der Waals surface area (Å²) in [7, 11) is 0. The molecule has 0 aliphatic rings. The van der Waals surface area contributed by atoms with Crippen LogP contribution in [0.25, 0.3) is 5.65 Å². The Morgan fingerprint density at radius 3 is 3.05 bits per heavy atom. The summed E-state index contributed by atoms with van der Waals surface area (Å²) in [6.45, 7) is 4.41. The molecule has 2 N–H and O–H groups in total. The maximum atomic E-state index is 13.0. The number of anilines is 1. The topological polar surface area (TPSA) is 71.3 Å². The third-order valence-corrected chi connectivity index (χ3v) is 2.95.